The molecule has 1 aliphatic heterocycles. The van der Waals surface area contributed by atoms with Crippen molar-refractivity contribution in [2.45, 2.75) is 20.4 Å². The third-order valence-corrected chi connectivity index (χ3v) is 6.50. The number of hydrogen-bond donors (Lipinski definition) is 1. The number of nitrogens with zero attached hydrogens (tertiary/aromatic N) is 2. The summed E-state index contributed by atoms with van der Waals surface area (Å²) in [6.07, 6.45) is 1.57. The molecule has 3 aromatic carbocycles. The van der Waals surface area contributed by atoms with Crippen LogP contribution >= 0.6 is 11.8 Å². The van der Waals surface area contributed by atoms with Crippen molar-refractivity contribution in [3.63, 3.8) is 0 Å². The van der Waals surface area contributed by atoms with Gasteiger partial charge in [-0.3, -0.25) is 29.4 Å². The highest BCUT2D eigenvalue weighted by atomic mass is 32.2. The first-order valence-electron chi connectivity index (χ1n) is 11.3. The molecule has 0 saturated carbocycles. The predicted molar refractivity (Wildman–Crippen MR) is 141 cm³/mol. The van der Waals surface area contributed by atoms with Gasteiger partial charge in [-0.1, -0.05) is 48.0 Å². The van der Waals surface area contributed by atoms with Crippen LogP contribution in [-0.2, 0) is 16.1 Å². The molecule has 3 amide bonds. The monoisotopic (exact) mass is 517 g/mol. The maximum absolute atomic E-state index is 12.8. The molecule has 0 aromatic heterocycles. The largest absolute Gasteiger partial charge is 0.484 e. The lowest BCUT2D eigenvalue weighted by Gasteiger charge is -2.12. The number of carbonyl (C=O) groups excluding carboxylic acids is 3. The van der Waals surface area contributed by atoms with E-state index in [-0.39, 0.29) is 35.2 Å². The summed E-state index contributed by atoms with van der Waals surface area (Å²) in [6, 6.07) is 18.5. The average molecular weight is 518 g/mol. The number of para-hydroxylation sites is 1. The van der Waals surface area contributed by atoms with Gasteiger partial charge in [0.25, 0.3) is 22.7 Å². The Labute approximate surface area is 217 Å². The molecule has 10 heteroatoms. The lowest BCUT2D eigenvalue weighted by Crippen LogP contribution is -2.27. The number of rotatable bonds is 8. The van der Waals surface area contributed by atoms with Crippen LogP contribution in [0.5, 0.6) is 5.75 Å². The molecule has 0 atom stereocenters. The molecule has 188 valence electrons. The van der Waals surface area contributed by atoms with E-state index >= 15 is 0 Å². The fourth-order valence-electron chi connectivity index (χ4n) is 3.73. The van der Waals surface area contributed by atoms with Gasteiger partial charge in [0.2, 0.25) is 0 Å². The standard InChI is InChI=1S/C27H23N3O6S/c1-17-7-12-22(18(2)13-17)28-25(31)16-36-21-10-8-19(9-11-21)14-24-26(32)29(27(33)37-24)15-20-5-3-4-6-23(20)30(34)35/h3-14H,15-16H2,1-2H3,(H,28,31)/b24-14-. The zero-order valence-electron chi connectivity index (χ0n) is 20.1. The number of nitrogens with one attached hydrogen (secondary N) is 1. The lowest BCUT2D eigenvalue weighted by molar-refractivity contribution is -0.385. The van der Waals surface area contributed by atoms with Gasteiger partial charge in [-0.25, -0.2) is 0 Å². The quantitative estimate of drug-likeness (QED) is 0.239. The molecule has 1 aliphatic rings. The Morgan fingerprint density at radius 2 is 1.81 bits per heavy atom. The van der Waals surface area contributed by atoms with E-state index in [1.165, 1.54) is 18.2 Å². The Kier molecular flexibility index (Phi) is 7.69. The second-order valence-corrected chi connectivity index (χ2v) is 9.37. The number of aryl methyl sites for hydroxylation is 2. The summed E-state index contributed by atoms with van der Waals surface area (Å²) in [5, 5.41) is 13.6. The van der Waals surface area contributed by atoms with Gasteiger partial charge in [0.1, 0.15) is 5.75 Å². The normalized spacial score (nSPS) is 14.2. The van der Waals surface area contributed by atoms with Crippen molar-refractivity contribution < 1.29 is 24.0 Å². The minimum Gasteiger partial charge on any atom is -0.484 e. The predicted octanol–water partition coefficient (Wildman–Crippen LogP) is 5.47. The zero-order valence-corrected chi connectivity index (χ0v) is 20.9. The van der Waals surface area contributed by atoms with Gasteiger partial charge in [-0.15, -0.1) is 0 Å². The van der Waals surface area contributed by atoms with Gasteiger partial charge >= 0.3 is 0 Å². The first-order valence-corrected chi connectivity index (χ1v) is 12.1. The van der Waals surface area contributed by atoms with E-state index in [9.17, 15) is 24.5 Å². The molecule has 0 radical (unpaired) electrons. The van der Waals surface area contributed by atoms with Gasteiger partial charge < -0.3 is 10.1 Å². The topological polar surface area (TPSA) is 119 Å². The van der Waals surface area contributed by atoms with Gasteiger partial charge in [0.05, 0.1) is 16.4 Å². The minimum absolute atomic E-state index is 0.149. The van der Waals surface area contributed by atoms with Crippen molar-refractivity contribution in [2.24, 2.45) is 0 Å². The number of nitro benzene ring substituents is 1. The molecule has 4 rings (SSSR count). The number of ether oxygens (including phenoxy) is 1. The van der Waals surface area contributed by atoms with Crippen LogP contribution in [0.15, 0.2) is 71.6 Å². The fraction of sp³-hybridized carbons (Fsp3) is 0.148. The number of amides is 3. The summed E-state index contributed by atoms with van der Waals surface area (Å²) >= 11 is 0.776. The van der Waals surface area contributed by atoms with E-state index in [4.69, 9.17) is 4.74 Å². The van der Waals surface area contributed by atoms with E-state index in [0.29, 0.717) is 11.3 Å². The number of anilines is 1. The summed E-state index contributed by atoms with van der Waals surface area (Å²) in [6.45, 7) is 3.55. The molecule has 0 spiro atoms. The van der Waals surface area contributed by atoms with E-state index in [1.807, 2.05) is 32.0 Å². The number of nitro groups is 1. The van der Waals surface area contributed by atoms with Crippen molar-refractivity contribution >= 4 is 46.3 Å². The second-order valence-electron chi connectivity index (χ2n) is 8.38. The Morgan fingerprint density at radius 1 is 1.08 bits per heavy atom. The molecule has 0 aliphatic carbocycles. The van der Waals surface area contributed by atoms with Crippen molar-refractivity contribution in [2.75, 3.05) is 11.9 Å². The van der Waals surface area contributed by atoms with Crippen LogP contribution in [-0.4, -0.2) is 33.5 Å². The molecular formula is C27H23N3O6S. The molecular weight excluding hydrogens is 494 g/mol. The highest BCUT2D eigenvalue weighted by Crippen LogP contribution is 2.34. The molecule has 0 unspecified atom stereocenters. The molecule has 1 heterocycles. The van der Waals surface area contributed by atoms with E-state index in [0.717, 1.165) is 33.5 Å². The molecule has 1 saturated heterocycles. The van der Waals surface area contributed by atoms with E-state index in [1.54, 1.807) is 36.4 Å². The number of hydrogen-bond acceptors (Lipinski definition) is 7. The van der Waals surface area contributed by atoms with Crippen molar-refractivity contribution in [1.29, 1.82) is 0 Å². The molecule has 9 nitrogen and oxygen atoms in total. The van der Waals surface area contributed by atoms with Gasteiger partial charge in [0.15, 0.2) is 6.61 Å². The fourth-order valence-corrected chi connectivity index (χ4v) is 4.57. The van der Waals surface area contributed by atoms with Crippen LogP contribution < -0.4 is 10.1 Å². The van der Waals surface area contributed by atoms with Crippen molar-refractivity contribution in [3.05, 3.63) is 104 Å². The molecule has 0 bridgehead atoms. The Balaban J connectivity index is 1.36. The Hall–Kier alpha value is -4.44. The van der Waals surface area contributed by atoms with Crippen LogP contribution in [0.1, 0.15) is 22.3 Å². The summed E-state index contributed by atoms with van der Waals surface area (Å²) in [5.74, 6) is -0.336. The average Bonchev–Trinajstić information content (AvgIpc) is 3.13. The minimum atomic E-state index is -0.541. The third kappa shape index (κ3) is 6.22. The summed E-state index contributed by atoms with van der Waals surface area (Å²) in [7, 11) is 0. The molecule has 37 heavy (non-hydrogen) atoms. The van der Waals surface area contributed by atoms with Crippen molar-refractivity contribution in [1.82, 2.24) is 4.90 Å². The van der Waals surface area contributed by atoms with Crippen LogP contribution in [0.4, 0.5) is 16.2 Å². The lowest BCUT2D eigenvalue weighted by atomic mass is 10.1. The number of carbonyl (C=O) groups is 3. The maximum atomic E-state index is 12.8. The SMILES string of the molecule is Cc1ccc(NC(=O)COc2ccc(/C=C3\SC(=O)N(Cc4ccccc4[N+](=O)[O-])C3=O)cc2)c(C)c1. The van der Waals surface area contributed by atoms with Crippen LogP contribution in [0.3, 0.4) is 0 Å². The third-order valence-electron chi connectivity index (χ3n) is 5.59. The summed E-state index contributed by atoms with van der Waals surface area (Å²) in [5.41, 5.74) is 3.58. The number of imide groups is 1. The van der Waals surface area contributed by atoms with Crippen LogP contribution in [0.2, 0.25) is 0 Å². The van der Waals surface area contributed by atoms with E-state index < -0.39 is 16.1 Å². The molecule has 1 N–H and O–H groups in total. The Bertz CT molecular complexity index is 1420. The first-order chi connectivity index (χ1) is 17.7. The Morgan fingerprint density at radius 3 is 2.51 bits per heavy atom. The molecule has 3 aromatic rings. The number of thioether (sulfide) groups is 1. The van der Waals surface area contributed by atoms with E-state index in [2.05, 4.69) is 5.32 Å². The van der Waals surface area contributed by atoms with Gasteiger partial charge in [-0.2, -0.15) is 0 Å². The second kappa shape index (κ2) is 11.1. The highest BCUT2D eigenvalue weighted by Gasteiger charge is 2.36. The van der Waals surface area contributed by atoms with Gasteiger partial charge in [0, 0.05) is 17.3 Å². The van der Waals surface area contributed by atoms with Crippen LogP contribution in [0.25, 0.3) is 6.08 Å². The first kappa shape index (κ1) is 25.6. The molecule has 1 fully saturated rings. The number of benzene rings is 3. The van der Waals surface area contributed by atoms with Crippen LogP contribution in [0, 0.1) is 24.0 Å². The highest BCUT2D eigenvalue weighted by molar-refractivity contribution is 8.18. The smallest absolute Gasteiger partial charge is 0.293 e. The van der Waals surface area contributed by atoms with Crippen molar-refractivity contribution in [3.8, 4) is 5.75 Å². The summed E-state index contributed by atoms with van der Waals surface area (Å²) < 4.78 is 5.56. The maximum Gasteiger partial charge on any atom is 0.293 e. The van der Waals surface area contributed by atoms with Gasteiger partial charge in [-0.05, 0) is 61.0 Å². The summed E-state index contributed by atoms with van der Waals surface area (Å²) in [4.78, 5) is 49.4. The zero-order chi connectivity index (χ0) is 26.5.